The van der Waals surface area contributed by atoms with Gasteiger partial charge in [0.25, 0.3) is 0 Å². The number of rotatable bonds is 3. The third-order valence-corrected chi connectivity index (χ3v) is 3.43. The molecule has 1 aliphatic rings. The Hall–Kier alpha value is -1.81. The summed E-state index contributed by atoms with van der Waals surface area (Å²) in [6, 6.07) is 7.96. The smallest absolute Gasteiger partial charge is 0.149 e. The highest BCUT2D eigenvalue weighted by Gasteiger charge is 2.25. The van der Waals surface area contributed by atoms with Gasteiger partial charge in [0.2, 0.25) is 0 Å². The second-order valence-corrected chi connectivity index (χ2v) is 4.49. The first kappa shape index (κ1) is 11.3. The van der Waals surface area contributed by atoms with Crippen LogP contribution in [0.25, 0.3) is 11.1 Å². The molecule has 3 rings (SSSR count). The van der Waals surface area contributed by atoms with E-state index < -0.39 is 0 Å². The number of nitrogens with one attached hydrogen (secondary N) is 1. The molecule has 0 bridgehead atoms. The summed E-state index contributed by atoms with van der Waals surface area (Å²) in [6.45, 7) is 1.99. The van der Waals surface area contributed by atoms with Crippen molar-refractivity contribution in [3.8, 4) is 16.9 Å². The predicted octanol–water partition coefficient (Wildman–Crippen LogP) is 2.43. The molecule has 0 saturated carbocycles. The van der Waals surface area contributed by atoms with Gasteiger partial charge < -0.3 is 14.6 Å². The van der Waals surface area contributed by atoms with Crippen molar-refractivity contribution >= 4 is 0 Å². The lowest BCUT2D eigenvalue weighted by molar-refractivity contribution is 0.365. The van der Waals surface area contributed by atoms with E-state index >= 15 is 0 Å². The third-order valence-electron chi connectivity index (χ3n) is 3.43. The Morgan fingerprint density at radius 3 is 3.00 bits per heavy atom. The van der Waals surface area contributed by atoms with Gasteiger partial charge in [-0.05, 0) is 19.0 Å². The van der Waals surface area contributed by atoms with E-state index in [9.17, 15) is 0 Å². The normalized spacial score (nSPS) is 19.1. The van der Waals surface area contributed by atoms with E-state index in [4.69, 9.17) is 9.26 Å². The number of hydrogen-bond donors (Lipinski definition) is 1. The van der Waals surface area contributed by atoms with Crippen LogP contribution in [0.15, 0.2) is 35.0 Å². The molecule has 1 unspecified atom stereocenters. The van der Waals surface area contributed by atoms with Crippen LogP contribution in [-0.2, 0) is 0 Å². The Balaban J connectivity index is 2.03. The Bertz CT molecular complexity index is 530. The van der Waals surface area contributed by atoms with Gasteiger partial charge >= 0.3 is 0 Å². The van der Waals surface area contributed by atoms with Crippen molar-refractivity contribution in [3.05, 3.63) is 36.2 Å². The van der Waals surface area contributed by atoms with Gasteiger partial charge in [-0.3, -0.25) is 0 Å². The van der Waals surface area contributed by atoms with E-state index in [2.05, 4.69) is 10.5 Å². The lowest BCUT2D eigenvalue weighted by atomic mass is 9.97. The lowest BCUT2D eigenvalue weighted by Gasteiger charge is -2.10. The Kier molecular flexibility index (Phi) is 3.02. The zero-order valence-electron chi connectivity index (χ0n) is 10.3. The van der Waals surface area contributed by atoms with Crippen LogP contribution >= 0.6 is 0 Å². The molecule has 1 aromatic heterocycles. The van der Waals surface area contributed by atoms with Crippen LogP contribution in [-0.4, -0.2) is 25.4 Å². The molecule has 1 fully saturated rings. The molecule has 1 aromatic carbocycles. The standard InChI is InChI=1S/C14H16N2O2/c1-17-13-5-3-2-4-11(13)12-9-16-18-14(12)10-6-7-15-8-10/h2-5,9-10,15H,6-8H2,1H3. The zero-order chi connectivity index (χ0) is 12.4. The SMILES string of the molecule is COc1ccccc1-c1cnoc1C1CCNC1. The maximum Gasteiger partial charge on any atom is 0.149 e. The summed E-state index contributed by atoms with van der Waals surface area (Å²) in [4.78, 5) is 0. The van der Waals surface area contributed by atoms with Crippen LogP contribution in [0.4, 0.5) is 0 Å². The average Bonchev–Trinajstić information content (AvgIpc) is 3.09. The van der Waals surface area contributed by atoms with Gasteiger partial charge in [-0.1, -0.05) is 23.4 Å². The van der Waals surface area contributed by atoms with Crippen LogP contribution < -0.4 is 10.1 Å². The molecule has 1 aliphatic heterocycles. The molecular formula is C14H16N2O2. The molecule has 2 heterocycles. The highest BCUT2D eigenvalue weighted by molar-refractivity contribution is 5.71. The fourth-order valence-corrected chi connectivity index (χ4v) is 2.49. The number of para-hydroxylation sites is 1. The summed E-state index contributed by atoms with van der Waals surface area (Å²) < 4.78 is 10.9. The monoisotopic (exact) mass is 244 g/mol. The molecule has 94 valence electrons. The topological polar surface area (TPSA) is 47.3 Å². The van der Waals surface area contributed by atoms with E-state index in [1.54, 1.807) is 13.3 Å². The summed E-state index contributed by atoms with van der Waals surface area (Å²) >= 11 is 0. The van der Waals surface area contributed by atoms with Crippen LogP contribution in [0, 0.1) is 0 Å². The number of nitrogens with zero attached hydrogens (tertiary/aromatic N) is 1. The van der Waals surface area contributed by atoms with Crippen LogP contribution in [0.3, 0.4) is 0 Å². The molecule has 1 saturated heterocycles. The molecule has 1 N–H and O–H groups in total. The maximum atomic E-state index is 5.46. The Labute approximate surface area is 106 Å². The summed E-state index contributed by atoms with van der Waals surface area (Å²) in [5, 5.41) is 7.31. The second-order valence-electron chi connectivity index (χ2n) is 4.49. The van der Waals surface area contributed by atoms with Gasteiger partial charge in [0, 0.05) is 23.6 Å². The van der Waals surface area contributed by atoms with Crippen molar-refractivity contribution in [3.63, 3.8) is 0 Å². The van der Waals surface area contributed by atoms with Gasteiger partial charge in [0.05, 0.1) is 13.3 Å². The highest BCUT2D eigenvalue weighted by Crippen LogP contribution is 2.36. The first-order chi connectivity index (χ1) is 8.90. The molecule has 4 heteroatoms. The Morgan fingerprint density at radius 1 is 1.33 bits per heavy atom. The fourth-order valence-electron chi connectivity index (χ4n) is 2.49. The van der Waals surface area contributed by atoms with Crippen LogP contribution in [0.2, 0.25) is 0 Å². The molecular weight excluding hydrogens is 228 g/mol. The molecule has 0 spiro atoms. The lowest BCUT2D eigenvalue weighted by Crippen LogP contribution is -2.08. The van der Waals surface area contributed by atoms with E-state index in [0.717, 1.165) is 42.1 Å². The molecule has 0 aliphatic carbocycles. The minimum absolute atomic E-state index is 0.410. The quantitative estimate of drug-likeness (QED) is 0.900. The molecule has 18 heavy (non-hydrogen) atoms. The van der Waals surface area contributed by atoms with Gasteiger partial charge in [-0.2, -0.15) is 0 Å². The van der Waals surface area contributed by atoms with Gasteiger partial charge in [-0.25, -0.2) is 0 Å². The third kappa shape index (κ3) is 1.88. The highest BCUT2D eigenvalue weighted by atomic mass is 16.5. The van der Waals surface area contributed by atoms with Crippen molar-refractivity contribution in [1.82, 2.24) is 10.5 Å². The van der Waals surface area contributed by atoms with E-state index in [0.29, 0.717) is 5.92 Å². The first-order valence-electron chi connectivity index (χ1n) is 6.19. The Morgan fingerprint density at radius 2 is 2.22 bits per heavy atom. The van der Waals surface area contributed by atoms with Crippen molar-refractivity contribution < 1.29 is 9.26 Å². The van der Waals surface area contributed by atoms with Gasteiger partial charge in [0.1, 0.15) is 11.5 Å². The number of aromatic nitrogens is 1. The summed E-state index contributed by atoms with van der Waals surface area (Å²) in [5.41, 5.74) is 2.09. The molecule has 4 nitrogen and oxygen atoms in total. The molecule has 1 atom stereocenters. The predicted molar refractivity (Wildman–Crippen MR) is 68.7 cm³/mol. The summed E-state index contributed by atoms with van der Waals surface area (Å²) in [6.07, 6.45) is 2.88. The van der Waals surface area contributed by atoms with Crippen molar-refractivity contribution in [2.75, 3.05) is 20.2 Å². The van der Waals surface area contributed by atoms with E-state index in [1.807, 2.05) is 24.3 Å². The fraction of sp³-hybridized carbons (Fsp3) is 0.357. The minimum atomic E-state index is 0.410. The van der Waals surface area contributed by atoms with Crippen molar-refractivity contribution in [2.24, 2.45) is 0 Å². The summed E-state index contributed by atoms with van der Waals surface area (Å²) in [5.74, 6) is 2.23. The average molecular weight is 244 g/mol. The van der Waals surface area contributed by atoms with E-state index in [-0.39, 0.29) is 0 Å². The van der Waals surface area contributed by atoms with Crippen LogP contribution in [0.1, 0.15) is 18.1 Å². The van der Waals surface area contributed by atoms with Crippen LogP contribution in [0.5, 0.6) is 5.75 Å². The van der Waals surface area contributed by atoms with Crippen molar-refractivity contribution in [2.45, 2.75) is 12.3 Å². The maximum absolute atomic E-state index is 5.46. The van der Waals surface area contributed by atoms with Gasteiger partial charge in [-0.15, -0.1) is 0 Å². The zero-order valence-corrected chi connectivity index (χ0v) is 10.3. The number of benzene rings is 1. The molecule has 0 amide bonds. The largest absolute Gasteiger partial charge is 0.496 e. The van der Waals surface area contributed by atoms with Crippen molar-refractivity contribution in [1.29, 1.82) is 0 Å². The summed E-state index contributed by atoms with van der Waals surface area (Å²) in [7, 11) is 1.68. The number of hydrogen-bond acceptors (Lipinski definition) is 4. The molecule has 0 radical (unpaired) electrons. The number of methoxy groups -OCH3 is 1. The van der Waals surface area contributed by atoms with Gasteiger partial charge in [0.15, 0.2) is 0 Å². The first-order valence-corrected chi connectivity index (χ1v) is 6.19. The molecule has 2 aromatic rings. The van der Waals surface area contributed by atoms with E-state index in [1.165, 1.54) is 0 Å². The number of ether oxygens (including phenoxy) is 1. The minimum Gasteiger partial charge on any atom is -0.496 e. The second kappa shape index (κ2) is 4.82.